The molecule has 2 heterocycles. The van der Waals surface area contributed by atoms with E-state index in [-0.39, 0.29) is 23.1 Å². The molecule has 1 saturated heterocycles. The summed E-state index contributed by atoms with van der Waals surface area (Å²) in [6.45, 7) is 2.33. The van der Waals surface area contributed by atoms with E-state index < -0.39 is 0 Å². The van der Waals surface area contributed by atoms with Gasteiger partial charge in [0.15, 0.2) is 0 Å². The van der Waals surface area contributed by atoms with Gasteiger partial charge in [0.2, 0.25) is 11.8 Å². The van der Waals surface area contributed by atoms with Gasteiger partial charge in [-0.05, 0) is 44.5 Å². The first-order valence-electron chi connectivity index (χ1n) is 9.34. The number of thiophene rings is 1. The molecule has 4 rings (SSSR count). The van der Waals surface area contributed by atoms with Gasteiger partial charge in [-0.2, -0.15) is 0 Å². The lowest BCUT2D eigenvalue weighted by atomic mass is 9.57. The Kier molecular flexibility index (Phi) is 4.78. The van der Waals surface area contributed by atoms with Crippen molar-refractivity contribution in [3.8, 4) is 0 Å². The average Bonchev–Trinajstić information content (AvgIpc) is 2.93. The van der Waals surface area contributed by atoms with Crippen LogP contribution in [0.5, 0.6) is 0 Å². The van der Waals surface area contributed by atoms with Crippen molar-refractivity contribution in [2.45, 2.75) is 12.8 Å². The molecule has 0 atom stereocenters. The van der Waals surface area contributed by atoms with Crippen LogP contribution in [0.2, 0.25) is 0 Å². The van der Waals surface area contributed by atoms with E-state index in [1.807, 2.05) is 48.2 Å². The van der Waals surface area contributed by atoms with Gasteiger partial charge in [-0.1, -0.05) is 24.3 Å². The number of benzene rings is 1. The second-order valence-electron chi connectivity index (χ2n) is 8.10. The normalized spacial score (nSPS) is 18.9. The van der Waals surface area contributed by atoms with Crippen LogP contribution in [-0.2, 0) is 9.59 Å². The van der Waals surface area contributed by atoms with Crippen molar-refractivity contribution in [1.29, 1.82) is 0 Å². The molecule has 2 fully saturated rings. The molecule has 5 nitrogen and oxygen atoms in total. The van der Waals surface area contributed by atoms with Crippen LogP contribution in [0, 0.1) is 11.3 Å². The van der Waals surface area contributed by atoms with Crippen molar-refractivity contribution in [1.82, 2.24) is 9.80 Å². The number of anilines is 1. The third kappa shape index (κ3) is 3.77. The van der Waals surface area contributed by atoms with E-state index in [1.54, 1.807) is 17.4 Å². The molecule has 0 unspecified atom stereocenters. The fourth-order valence-corrected chi connectivity index (χ4v) is 5.05. The molecule has 6 heteroatoms. The number of carbonyl (C=O) groups is 2. The van der Waals surface area contributed by atoms with Crippen LogP contribution < -0.4 is 5.32 Å². The first-order chi connectivity index (χ1) is 12.9. The predicted octanol–water partition coefficient (Wildman–Crippen LogP) is 3.20. The maximum absolute atomic E-state index is 12.5. The molecule has 1 aliphatic carbocycles. The fourth-order valence-electron chi connectivity index (χ4n) is 4.09. The zero-order chi connectivity index (χ0) is 19.0. The summed E-state index contributed by atoms with van der Waals surface area (Å²) >= 11 is 1.62. The zero-order valence-electron chi connectivity index (χ0n) is 15.8. The van der Waals surface area contributed by atoms with Gasteiger partial charge < -0.3 is 15.1 Å². The van der Waals surface area contributed by atoms with Gasteiger partial charge in [-0.3, -0.25) is 9.59 Å². The van der Waals surface area contributed by atoms with E-state index in [2.05, 4.69) is 17.4 Å². The van der Waals surface area contributed by atoms with Gasteiger partial charge >= 0.3 is 0 Å². The Labute approximate surface area is 163 Å². The van der Waals surface area contributed by atoms with Crippen molar-refractivity contribution in [3.05, 3.63) is 42.5 Å². The Morgan fingerprint density at radius 3 is 2.74 bits per heavy atom. The number of carbonyl (C=O) groups excluding carboxylic acids is 2. The summed E-state index contributed by atoms with van der Waals surface area (Å²) in [4.78, 5) is 28.5. The minimum atomic E-state index is 0.0664. The second-order valence-corrected chi connectivity index (χ2v) is 9.19. The summed E-state index contributed by atoms with van der Waals surface area (Å²) in [7, 11) is 3.96. The highest BCUT2D eigenvalue weighted by molar-refractivity contribution is 7.22. The lowest BCUT2D eigenvalue weighted by Gasteiger charge is -2.58. The topological polar surface area (TPSA) is 52.7 Å². The summed E-state index contributed by atoms with van der Waals surface area (Å²) < 4.78 is 1.19. The van der Waals surface area contributed by atoms with Crippen LogP contribution in [0.25, 0.3) is 10.1 Å². The molecule has 142 valence electrons. The van der Waals surface area contributed by atoms with Crippen molar-refractivity contribution < 1.29 is 9.59 Å². The number of likely N-dealkylation sites (tertiary alicyclic amines) is 1. The Morgan fingerprint density at radius 2 is 2.04 bits per heavy atom. The van der Waals surface area contributed by atoms with Gasteiger partial charge in [-0.15, -0.1) is 11.3 Å². The molecule has 1 spiro atoms. The van der Waals surface area contributed by atoms with E-state index in [0.717, 1.165) is 37.5 Å². The lowest BCUT2D eigenvalue weighted by Crippen LogP contribution is -2.64. The largest absolute Gasteiger partial charge is 0.338 e. The summed E-state index contributed by atoms with van der Waals surface area (Å²) in [5.74, 6) is 0.264. The molecule has 1 aliphatic heterocycles. The van der Waals surface area contributed by atoms with Crippen molar-refractivity contribution in [3.63, 3.8) is 0 Å². The van der Waals surface area contributed by atoms with Gasteiger partial charge in [0.1, 0.15) is 0 Å². The lowest BCUT2D eigenvalue weighted by molar-refractivity contribution is -0.154. The number of rotatable bonds is 5. The summed E-state index contributed by atoms with van der Waals surface area (Å²) in [5.41, 5.74) is 0.174. The Hall–Kier alpha value is -2.18. The molecule has 2 aliphatic rings. The average molecular weight is 384 g/mol. The third-order valence-electron chi connectivity index (χ3n) is 5.50. The van der Waals surface area contributed by atoms with Crippen LogP contribution in [0.4, 0.5) is 5.00 Å². The maximum atomic E-state index is 12.5. The molecule has 1 saturated carbocycles. The fraction of sp³-hybridized carbons (Fsp3) is 0.429. The number of likely N-dealkylation sites (N-methyl/N-ethyl adjacent to an activating group) is 1. The van der Waals surface area contributed by atoms with Crippen molar-refractivity contribution in [2.24, 2.45) is 11.3 Å². The Bertz CT molecular complexity index is 855. The monoisotopic (exact) mass is 383 g/mol. The highest BCUT2D eigenvalue weighted by Gasteiger charge is 2.55. The van der Waals surface area contributed by atoms with E-state index >= 15 is 0 Å². The molecular weight excluding hydrogens is 358 g/mol. The number of nitrogens with one attached hydrogen (secondary N) is 1. The van der Waals surface area contributed by atoms with Crippen LogP contribution in [0.15, 0.2) is 42.5 Å². The summed E-state index contributed by atoms with van der Waals surface area (Å²) in [6, 6.07) is 10.2. The highest BCUT2D eigenvalue weighted by atomic mass is 32.1. The van der Waals surface area contributed by atoms with Crippen molar-refractivity contribution in [2.75, 3.05) is 39.0 Å². The standard InChI is InChI=1S/C21H25N3O2S/c1-23(2)9-5-8-19(25)24-13-21(14-24)11-16(12-21)20(26)22-18-10-15-6-3-4-7-17(15)27-18/h3-8,10,16H,9,11-14H2,1-2H3,(H,22,26)/b8-5+. The van der Waals surface area contributed by atoms with E-state index in [1.165, 1.54) is 10.1 Å². The molecule has 1 aromatic heterocycles. The maximum Gasteiger partial charge on any atom is 0.246 e. The summed E-state index contributed by atoms with van der Waals surface area (Å²) in [6.07, 6.45) is 5.33. The van der Waals surface area contributed by atoms with Crippen molar-refractivity contribution >= 4 is 38.2 Å². The van der Waals surface area contributed by atoms with E-state index in [0.29, 0.717) is 0 Å². The molecule has 0 radical (unpaired) electrons. The number of hydrogen-bond acceptors (Lipinski definition) is 4. The van der Waals surface area contributed by atoms with Crippen LogP contribution in [-0.4, -0.2) is 55.3 Å². The minimum Gasteiger partial charge on any atom is -0.338 e. The van der Waals surface area contributed by atoms with E-state index in [4.69, 9.17) is 0 Å². The van der Waals surface area contributed by atoms with Gasteiger partial charge in [0.05, 0.1) is 5.00 Å². The second kappa shape index (κ2) is 7.09. The van der Waals surface area contributed by atoms with E-state index in [9.17, 15) is 9.59 Å². The minimum absolute atomic E-state index is 0.0664. The number of nitrogens with zero attached hydrogens (tertiary/aromatic N) is 2. The number of hydrogen-bond donors (Lipinski definition) is 1. The molecule has 27 heavy (non-hydrogen) atoms. The zero-order valence-corrected chi connectivity index (χ0v) is 16.6. The van der Waals surface area contributed by atoms with Gasteiger partial charge in [0.25, 0.3) is 0 Å². The van der Waals surface area contributed by atoms with Crippen LogP contribution in [0.3, 0.4) is 0 Å². The Morgan fingerprint density at radius 1 is 1.30 bits per heavy atom. The molecule has 2 aromatic rings. The quantitative estimate of drug-likeness (QED) is 0.807. The number of amides is 2. The smallest absolute Gasteiger partial charge is 0.246 e. The summed E-state index contributed by atoms with van der Waals surface area (Å²) in [5, 5.41) is 5.16. The third-order valence-corrected chi connectivity index (χ3v) is 6.53. The van der Waals surface area contributed by atoms with Crippen LogP contribution in [0.1, 0.15) is 12.8 Å². The van der Waals surface area contributed by atoms with Crippen LogP contribution >= 0.6 is 11.3 Å². The molecule has 1 aromatic carbocycles. The molecule has 2 amide bonds. The number of fused-ring (bicyclic) bond motifs is 1. The predicted molar refractivity (Wildman–Crippen MR) is 110 cm³/mol. The Balaban J connectivity index is 1.24. The first-order valence-corrected chi connectivity index (χ1v) is 10.2. The van der Waals surface area contributed by atoms with Gasteiger partial charge in [0, 0.05) is 41.7 Å². The van der Waals surface area contributed by atoms with Gasteiger partial charge in [-0.25, -0.2) is 0 Å². The highest BCUT2D eigenvalue weighted by Crippen LogP contribution is 2.52. The molecule has 0 bridgehead atoms. The molecular formula is C21H25N3O2S. The first kappa shape index (κ1) is 18.2. The SMILES string of the molecule is CN(C)C/C=C/C(=O)N1CC2(CC(C(=O)Nc3cc4ccccc4s3)C2)C1. The molecule has 1 N–H and O–H groups in total.